The number of hydrogen-bond acceptors (Lipinski definition) is 6. The topological polar surface area (TPSA) is 123 Å². The molecule has 0 radical (unpaired) electrons. The molecule has 0 atom stereocenters. The number of fused-ring (bicyclic) bond motifs is 2. The Kier molecular flexibility index (Phi) is 4.47. The quantitative estimate of drug-likeness (QED) is 0.398. The standard InChI is InChI=1S/C21H14N2O6S/c1-12-16(6-4-7-17(12)23(26)27)22-21(25)13-9-10-15-19(11-13)30(28,29)18-8-3-2-5-14(18)20(15)24/h2-11H,1H3,(H,22,25). The number of ketones is 1. The van der Waals surface area contributed by atoms with Crippen LogP contribution < -0.4 is 5.32 Å². The van der Waals surface area contributed by atoms with E-state index in [9.17, 15) is 28.1 Å². The van der Waals surface area contributed by atoms with Gasteiger partial charge in [-0.3, -0.25) is 19.7 Å². The SMILES string of the molecule is Cc1c(NC(=O)c2ccc3c(c2)S(=O)(=O)c2ccccc2C3=O)cccc1[N+](=O)[O-]. The highest BCUT2D eigenvalue weighted by Gasteiger charge is 2.35. The van der Waals surface area contributed by atoms with Gasteiger partial charge in [-0.1, -0.05) is 18.2 Å². The van der Waals surface area contributed by atoms with Crippen molar-refractivity contribution in [3.63, 3.8) is 0 Å². The summed E-state index contributed by atoms with van der Waals surface area (Å²) in [5.41, 5.74) is 0.450. The molecule has 4 rings (SSSR count). The Balaban J connectivity index is 1.75. The van der Waals surface area contributed by atoms with Crippen molar-refractivity contribution in [2.24, 2.45) is 0 Å². The number of benzene rings is 3. The molecule has 1 aliphatic rings. The van der Waals surface area contributed by atoms with Gasteiger partial charge in [0.1, 0.15) is 0 Å². The summed E-state index contributed by atoms with van der Waals surface area (Å²) in [7, 11) is -3.98. The van der Waals surface area contributed by atoms with Gasteiger partial charge < -0.3 is 5.32 Å². The molecule has 1 amide bonds. The van der Waals surface area contributed by atoms with Gasteiger partial charge in [0, 0.05) is 22.8 Å². The summed E-state index contributed by atoms with van der Waals surface area (Å²) in [5, 5.41) is 13.7. The lowest BCUT2D eigenvalue weighted by atomic mass is 10.0. The average molecular weight is 422 g/mol. The van der Waals surface area contributed by atoms with E-state index < -0.39 is 26.5 Å². The maximum atomic E-state index is 13.0. The average Bonchev–Trinajstić information content (AvgIpc) is 2.73. The molecule has 0 fully saturated rings. The summed E-state index contributed by atoms with van der Waals surface area (Å²) in [6.45, 7) is 1.50. The Morgan fingerprint density at radius 1 is 0.967 bits per heavy atom. The van der Waals surface area contributed by atoms with Gasteiger partial charge in [-0.2, -0.15) is 0 Å². The molecule has 0 saturated carbocycles. The van der Waals surface area contributed by atoms with Crippen molar-refractivity contribution in [2.45, 2.75) is 16.7 Å². The summed E-state index contributed by atoms with van der Waals surface area (Å²) in [4.78, 5) is 35.6. The molecule has 3 aromatic rings. The van der Waals surface area contributed by atoms with Crippen LogP contribution in [0.5, 0.6) is 0 Å². The van der Waals surface area contributed by atoms with Crippen molar-refractivity contribution in [2.75, 3.05) is 5.32 Å². The molecule has 0 spiro atoms. The minimum atomic E-state index is -3.98. The first kappa shape index (κ1) is 19.5. The van der Waals surface area contributed by atoms with E-state index in [1.54, 1.807) is 6.07 Å². The maximum Gasteiger partial charge on any atom is 0.274 e. The second-order valence-corrected chi connectivity index (χ2v) is 8.59. The summed E-state index contributed by atoms with van der Waals surface area (Å²) < 4.78 is 26.0. The van der Waals surface area contributed by atoms with Crippen LogP contribution in [0.25, 0.3) is 0 Å². The molecule has 0 unspecified atom stereocenters. The molecule has 0 aromatic heterocycles. The number of carbonyl (C=O) groups excluding carboxylic acids is 2. The molecule has 9 heteroatoms. The molecule has 3 aromatic carbocycles. The highest BCUT2D eigenvalue weighted by atomic mass is 32.2. The number of nitrogens with one attached hydrogen (secondary N) is 1. The highest BCUT2D eigenvalue weighted by Crippen LogP contribution is 2.35. The van der Waals surface area contributed by atoms with Gasteiger partial charge in [0.05, 0.1) is 26.0 Å². The zero-order valence-electron chi connectivity index (χ0n) is 15.6. The first-order valence-electron chi connectivity index (χ1n) is 8.80. The van der Waals surface area contributed by atoms with E-state index in [1.807, 2.05) is 0 Å². The molecular weight excluding hydrogens is 408 g/mol. The molecule has 1 N–H and O–H groups in total. The van der Waals surface area contributed by atoms with Crippen LogP contribution in [0, 0.1) is 17.0 Å². The van der Waals surface area contributed by atoms with E-state index in [0.29, 0.717) is 0 Å². The first-order chi connectivity index (χ1) is 14.2. The van der Waals surface area contributed by atoms with Gasteiger partial charge >= 0.3 is 0 Å². The Labute approximate surface area is 171 Å². The number of nitrogens with zero attached hydrogens (tertiary/aromatic N) is 1. The second kappa shape index (κ2) is 6.89. The van der Waals surface area contributed by atoms with Crippen molar-refractivity contribution in [1.29, 1.82) is 0 Å². The first-order valence-corrected chi connectivity index (χ1v) is 10.3. The summed E-state index contributed by atoms with van der Waals surface area (Å²) in [6, 6.07) is 14.0. The number of rotatable bonds is 3. The number of amides is 1. The van der Waals surface area contributed by atoms with Crippen LogP contribution in [-0.2, 0) is 9.84 Å². The third-order valence-electron chi connectivity index (χ3n) is 4.95. The largest absolute Gasteiger partial charge is 0.321 e. The lowest BCUT2D eigenvalue weighted by Crippen LogP contribution is -2.21. The molecule has 0 bridgehead atoms. The smallest absolute Gasteiger partial charge is 0.274 e. The van der Waals surface area contributed by atoms with Crippen LogP contribution in [0.2, 0.25) is 0 Å². The molecule has 1 aliphatic heterocycles. The van der Waals surface area contributed by atoms with Crippen LogP contribution in [0.4, 0.5) is 11.4 Å². The van der Waals surface area contributed by atoms with Gasteiger partial charge in [-0.15, -0.1) is 0 Å². The lowest BCUT2D eigenvalue weighted by molar-refractivity contribution is -0.385. The predicted octanol–water partition coefficient (Wildman–Crippen LogP) is 3.53. The monoisotopic (exact) mass is 422 g/mol. The van der Waals surface area contributed by atoms with Crippen LogP contribution in [0.1, 0.15) is 31.8 Å². The van der Waals surface area contributed by atoms with Gasteiger partial charge in [0.25, 0.3) is 11.6 Å². The van der Waals surface area contributed by atoms with Gasteiger partial charge in [-0.05, 0) is 43.3 Å². The fourth-order valence-corrected chi connectivity index (χ4v) is 5.05. The third-order valence-corrected chi connectivity index (χ3v) is 6.80. The van der Waals surface area contributed by atoms with E-state index in [2.05, 4.69) is 5.32 Å². The van der Waals surface area contributed by atoms with E-state index >= 15 is 0 Å². The Morgan fingerprint density at radius 3 is 2.40 bits per heavy atom. The molecule has 0 saturated heterocycles. The van der Waals surface area contributed by atoms with Crippen LogP contribution in [0.15, 0.2) is 70.5 Å². The molecule has 150 valence electrons. The molecule has 1 heterocycles. The lowest BCUT2D eigenvalue weighted by Gasteiger charge is -2.19. The van der Waals surface area contributed by atoms with Crippen LogP contribution in [-0.4, -0.2) is 25.0 Å². The van der Waals surface area contributed by atoms with Crippen molar-refractivity contribution in [3.8, 4) is 0 Å². The summed E-state index contributed by atoms with van der Waals surface area (Å²) >= 11 is 0. The molecule has 0 aliphatic carbocycles. The van der Waals surface area contributed by atoms with Gasteiger partial charge in [0.2, 0.25) is 9.84 Å². The Hall–Kier alpha value is -3.85. The van der Waals surface area contributed by atoms with Crippen molar-refractivity contribution in [1.82, 2.24) is 0 Å². The Morgan fingerprint density at radius 2 is 1.67 bits per heavy atom. The Bertz CT molecular complexity index is 1360. The molecular formula is C21H14N2O6S. The summed E-state index contributed by atoms with van der Waals surface area (Å²) in [6.07, 6.45) is 0. The summed E-state index contributed by atoms with van der Waals surface area (Å²) in [5.74, 6) is -1.08. The number of anilines is 1. The minimum Gasteiger partial charge on any atom is -0.321 e. The normalized spacial score (nSPS) is 13.8. The van der Waals surface area contributed by atoms with Gasteiger partial charge in [0.15, 0.2) is 5.78 Å². The van der Waals surface area contributed by atoms with Crippen molar-refractivity contribution < 1.29 is 22.9 Å². The van der Waals surface area contributed by atoms with E-state index in [1.165, 1.54) is 55.5 Å². The van der Waals surface area contributed by atoms with Crippen molar-refractivity contribution in [3.05, 3.63) is 93.0 Å². The zero-order valence-corrected chi connectivity index (χ0v) is 16.4. The predicted molar refractivity (Wildman–Crippen MR) is 108 cm³/mol. The number of nitro benzene ring substituents is 1. The van der Waals surface area contributed by atoms with Crippen LogP contribution >= 0.6 is 0 Å². The maximum absolute atomic E-state index is 13.0. The number of nitro groups is 1. The number of sulfone groups is 1. The minimum absolute atomic E-state index is 0.00298. The zero-order chi connectivity index (χ0) is 21.6. The molecule has 30 heavy (non-hydrogen) atoms. The van der Waals surface area contributed by atoms with Crippen molar-refractivity contribution >= 4 is 32.9 Å². The fourth-order valence-electron chi connectivity index (χ4n) is 3.38. The number of carbonyl (C=O) groups is 2. The number of hydrogen-bond donors (Lipinski definition) is 1. The molecule has 8 nitrogen and oxygen atoms in total. The highest BCUT2D eigenvalue weighted by molar-refractivity contribution is 7.91. The van der Waals surface area contributed by atoms with E-state index in [0.717, 1.165) is 6.07 Å². The van der Waals surface area contributed by atoms with Crippen LogP contribution in [0.3, 0.4) is 0 Å². The van der Waals surface area contributed by atoms with Gasteiger partial charge in [-0.25, -0.2) is 8.42 Å². The fraction of sp³-hybridized carbons (Fsp3) is 0.0476. The third kappa shape index (κ3) is 2.96. The van der Waals surface area contributed by atoms with E-state index in [4.69, 9.17) is 0 Å². The second-order valence-electron chi connectivity index (χ2n) is 6.70. The van der Waals surface area contributed by atoms with E-state index in [-0.39, 0.29) is 43.4 Å².